The van der Waals surface area contributed by atoms with Crippen molar-refractivity contribution in [1.82, 2.24) is 20.4 Å². The zero-order chi connectivity index (χ0) is 18.4. The molecule has 1 aromatic carbocycles. The molecule has 6 heteroatoms. The Balaban J connectivity index is 1.53. The van der Waals surface area contributed by atoms with Crippen LogP contribution in [0.15, 0.2) is 30.3 Å². The highest BCUT2D eigenvalue weighted by Gasteiger charge is 2.18. The highest BCUT2D eigenvalue weighted by molar-refractivity contribution is 5.94. The van der Waals surface area contributed by atoms with Crippen molar-refractivity contribution in [2.75, 3.05) is 13.1 Å². The highest BCUT2D eigenvalue weighted by Crippen LogP contribution is 2.14. The van der Waals surface area contributed by atoms with Crippen LogP contribution in [0.1, 0.15) is 64.7 Å². The molecule has 0 saturated carbocycles. The van der Waals surface area contributed by atoms with Crippen molar-refractivity contribution in [2.24, 2.45) is 0 Å². The first-order valence-electron chi connectivity index (χ1n) is 9.38. The summed E-state index contributed by atoms with van der Waals surface area (Å²) < 4.78 is 0. The Bertz CT molecular complexity index is 745. The third-order valence-corrected chi connectivity index (χ3v) is 4.68. The fraction of sp³-hybridized carbons (Fsp3) is 0.450. The van der Waals surface area contributed by atoms with Gasteiger partial charge in [-0.3, -0.25) is 14.7 Å². The van der Waals surface area contributed by atoms with Crippen LogP contribution in [0, 0.1) is 0 Å². The molecule has 1 saturated heterocycles. The first-order chi connectivity index (χ1) is 12.7. The molecular weight excluding hydrogens is 328 g/mol. The minimum atomic E-state index is -0.197. The van der Waals surface area contributed by atoms with Crippen LogP contribution in [0.4, 0.5) is 0 Å². The Kier molecular flexibility index (Phi) is 6.04. The Morgan fingerprint density at radius 2 is 1.88 bits per heavy atom. The summed E-state index contributed by atoms with van der Waals surface area (Å²) in [6.45, 7) is 4.19. The molecule has 0 spiro atoms. The van der Waals surface area contributed by atoms with E-state index >= 15 is 0 Å². The fourth-order valence-corrected chi connectivity index (χ4v) is 3.19. The van der Waals surface area contributed by atoms with Gasteiger partial charge >= 0.3 is 0 Å². The topological polar surface area (TPSA) is 78.1 Å². The minimum absolute atomic E-state index is 0.0975. The first-order valence-corrected chi connectivity index (χ1v) is 9.38. The molecule has 1 aliphatic heterocycles. The normalized spacial score (nSPS) is 14.3. The SMILES string of the molecule is CCCc1cc(C(=O)NCc2ccc(C(=O)N3CCCCC3)cc2)n[nH]1. The summed E-state index contributed by atoms with van der Waals surface area (Å²) >= 11 is 0. The van der Waals surface area contributed by atoms with E-state index in [1.165, 1.54) is 6.42 Å². The number of nitrogens with zero attached hydrogens (tertiary/aromatic N) is 2. The summed E-state index contributed by atoms with van der Waals surface area (Å²) in [7, 11) is 0. The van der Waals surface area contributed by atoms with E-state index < -0.39 is 0 Å². The Morgan fingerprint density at radius 1 is 1.15 bits per heavy atom. The Hall–Kier alpha value is -2.63. The molecule has 2 heterocycles. The number of carbonyl (C=O) groups is 2. The van der Waals surface area contributed by atoms with Gasteiger partial charge in [0.2, 0.25) is 0 Å². The number of hydrogen-bond donors (Lipinski definition) is 2. The molecule has 1 aromatic heterocycles. The Labute approximate surface area is 154 Å². The predicted molar refractivity (Wildman–Crippen MR) is 99.9 cm³/mol. The molecule has 2 amide bonds. The van der Waals surface area contributed by atoms with Crippen LogP contribution in [0.5, 0.6) is 0 Å². The quantitative estimate of drug-likeness (QED) is 0.837. The van der Waals surface area contributed by atoms with Gasteiger partial charge < -0.3 is 10.2 Å². The molecular formula is C20H26N4O2. The van der Waals surface area contributed by atoms with Crippen LogP contribution in [-0.4, -0.2) is 40.0 Å². The Morgan fingerprint density at radius 3 is 2.58 bits per heavy atom. The van der Waals surface area contributed by atoms with Gasteiger partial charge in [-0.15, -0.1) is 0 Å². The number of benzene rings is 1. The van der Waals surface area contributed by atoms with Gasteiger partial charge in [-0.25, -0.2) is 0 Å². The largest absolute Gasteiger partial charge is 0.347 e. The minimum Gasteiger partial charge on any atom is -0.347 e. The lowest BCUT2D eigenvalue weighted by molar-refractivity contribution is 0.0724. The monoisotopic (exact) mass is 354 g/mol. The van der Waals surface area contributed by atoms with Crippen LogP contribution >= 0.6 is 0 Å². The standard InChI is InChI=1S/C20H26N4O2/c1-2-6-17-13-18(23-22-17)19(25)21-14-15-7-9-16(10-8-15)20(26)24-11-4-3-5-12-24/h7-10,13H,2-6,11-12,14H2,1H3,(H,21,25)(H,22,23). The molecule has 0 bridgehead atoms. The van der Waals surface area contributed by atoms with Gasteiger partial charge in [-0.05, 0) is 49.4 Å². The van der Waals surface area contributed by atoms with Crippen molar-refractivity contribution in [2.45, 2.75) is 45.6 Å². The fourth-order valence-electron chi connectivity index (χ4n) is 3.19. The number of carbonyl (C=O) groups excluding carboxylic acids is 2. The number of H-pyrrole nitrogens is 1. The molecule has 6 nitrogen and oxygen atoms in total. The summed E-state index contributed by atoms with van der Waals surface area (Å²) in [4.78, 5) is 26.5. The molecule has 138 valence electrons. The van der Waals surface area contributed by atoms with Crippen LogP contribution in [0.3, 0.4) is 0 Å². The van der Waals surface area contributed by atoms with Crippen molar-refractivity contribution in [3.8, 4) is 0 Å². The van der Waals surface area contributed by atoms with Gasteiger partial charge in [-0.2, -0.15) is 5.10 Å². The molecule has 0 atom stereocenters. The molecule has 2 aromatic rings. The van der Waals surface area contributed by atoms with E-state index in [-0.39, 0.29) is 11.8 Å². The number of likely N-dealkylation sites (tertiary alicyclic amines) is 1. The van der Waals surface area contributed by atoms with Crippen molar-refractivity contribution in [3.63, 3.8) is 0 Å². The molecule has 2 N–H and O–H groups in total. The van der Waals surface area contributed by atoms with E-state index in [1.807, 2.05) is 29.2 Å². The van der Waals surface area contributed by atoms with Gasteiger partial charge in [0.25, 0.3) is 11.8 Å². The molecule has 0 radical (unpaired) electrons. The number of aromatic nitrogens is 2. The van der Waals surface area contributed by atoms with Crippen molar-refractivity contribution in [3.05, 3.63) is 52.8 Å². The third kappa shape index (κ3) is 4.50. The van der Waals surface area contributed by atoms with Crippen molar-refractivity contribution in [1.29, 1.82) is 0 Å². The summed E-state index contributed by atoms with van der Waals surface area (Å²) in [5.74, 6) is -0.0997. The van der Waals surface area contributed by atoms with E-state index in [9.17, 15) is 9.59 Å². The lowest BCUT2D eigenvalue weighted by Gasteiger charge is -2.26. The van der Waals surface area contributed by atoms with E-state index in [2.05, 4.69) is 22.4 Å². The molecule has 1 aliphatic rings. The lowest BCUT2D eigenvalue weighted by atomic mass is 10.1. The second-order valence-corrected chi connectivity index (χ2v) is 6.76. The molecule has 26 heavy (non-hydrogen) atoms. The molecule has 0 unspecified atom stereocenters. The zero-order valence-electron chi connectivity index (χ0n) is 15.3. The van der Waals surface area contributed by atoms with E-state index in [0.717, 1.165) is 50.0 Å². The molecule has 1 fully saturated rings. The maximum Gasteiger partial charge on any atom is 0.272 e. The van der Waals surface area contributed by atoms with Crippen molar-refractivity contribution < 1.29 is 9.59 Å². The first kappa shape index (κ1) is 18.2. The number of nitrogens with one attached hydrogen (secondary N) is 2. The number of amides is 2. The van der Waals surface area contributed by atoms with Gasteiger partial charge in [0.05, 0.1) is 0 Å². The summed E-state index contributed by atoms with van der Waals surface area (Å²) in [6, 6.07) is 9.26. The number of hydrogen-bond acceptors (Lipinski definition) is 3. The summed E-state index contributed by atoms with van der Waals surface area (Å²) in [5.41, 5.74) is 3.04. The van der Waals surface area contributed by atoms with Gasteiger partial charge in [-0.1, -0.05) is 25.5 Å². The van der Waals surface area contributed by atoms with E-state index in [0.29, 0.717) is 17.8 Å². The number of piperidine rings is 1. The summed E-state index contributed by atoms with van der Waals surface area (Å²) in [5, 5.41) is 9.80. The second-order valence-electron chi connectivity index (χ2n) is 6.76. The number of aromatic amines is 1. The van der Waals surface area contributed by atoms with Crippen LogP contribution in [-0.2, 0) is 13.0 Å². The summed E-state index contributed by atoms with van der Waals surface area (Å²) in [6.07, 6.45) is 5.27. The highest BCUT2D eigenvalue weighted by atomic mass is 16.2. The van der Waals surface area contributed by atoms with E-state index in [4.69, 9.17) is 0 Å². The van der Waals surface area contributed by atoms with Gasteiger partial charge in [0, 0.05) is 30.9 Å². The maximum absolute atomic E-state index is 12.5. The number of rotatable bonds is 6. The maximum atomic E-state index is 12.5. The second kappa shape index (κ2) is 8.65. The van der Waals surface area contributed by atoms with Gasteiger partial charge in [0.1, 0.15) is 5.69 Å². The van der Waals surface area contributed by atoms with Crippen LogP contribution < -0.4 is 5.32 Å². The van der Waals surface area contributed by atoms with Crippen LogP contribution in [0.25, 0.3) is 0 Å². The van der Waals surface area contributed by atoms with E-state index in [1.54, 1.807) is 6.07 Å². The van der Waals surface area contributed by atoms with Gasteiger partial charge in [0.15, 0.2) is 0 Å². The molecule has 0 aliphatic carbocycles. The molecule has 3 rings (SSSR count). The number of aryl methyl sites for hydroxylation is 1. The predicted octanol–water partition coefficient (Wildman–Crippen LogP) is 2.92. The van der Waals surface area contributed by atoms with Crippen molar-refractivity contribution >= 4 is 11.8 Å². The third-order valence-electron chi connectivity index (χ3n) is 4.68. The van der Waals surface area contributed by atoms with Crippen LogP contribution in [0.2, 0.25) is 0 Å². The average Bonchev–Trinajstić information content (AvgIpc) is 3.16. The average molecular weight is 354 g/mol. The lowest BCUT2D eigenvalue weighted by Crippen LogP contribution is -2.35. The smallest absolute Gasteiger partial charge is 0.272 e. The zero-order valence-corrected chi connectivity index (χ0v) is 15.3.